The normalized spacial score (nSPS) is 11.7. The average molecular weight is 214 g/mol. The topological polar surface area (TPSA) is 68.2 Å². The summed E-state index contributed by atoms with van der Waals surface area (Å²) in [5, 5.41) is 16.8. The van der Waals surface area contributed by atoms with Gasteiger partial charge in [-0.05, 0) is 12.5 Å². The van der Waals surface area contributed by atoms with E-state index in [-0.39, 0.29) is 6.61 Å². The molecule has 0 saturated heterocycles. The summed E-state index contributed by atoms with van der Waals surface area (Å²) in [7, 11) is 0. The molecule has 0 amide bonds. The molecule has 0 bridgehead atoms. The van der Waals surface area contributed by atoms with E-state index in [9.17, 15) is 0 Å². The number of rotatable bonds is 6. The van der Waals surface area contributed by atoms with Crippen LogP contribution in [-0.4, -0.2) is 22.9 Å². The molecule has 0 spiro atoms. The molecule has 0 aliphatic rings. The smallest absolute Gasteiger partial charge is 0.253 e. The van der Waals surface area contributed by atoms with Gasteiger partial charge >= 0.3 is 0 Å². The molecule has 15 heavy (non-hydrogen) atoms. The first-order valence-electron chi connectivity index (χ1n) is 4.47. The highest BCUT2D eigenvalue weighted by Gasteiger charge is 2.27. The lowest BCUT2D eigenvalue weighted by atomic mass is 10.2. The standard InChI is InChI=1S/C10H14O5/c1-10(14-11,15-12)8-13-7-9-5-3-2-4-6-9/h2-6,11-12H,7-8H2,1H3. The molecule has 0 unspecified atom stereocenters. The van der Waals surface area contributed by atoms with E-state index in [0.717, 1.165) is 5.56 Å². The Bertz CT molecular complexity index is 270. The van der Waals surface area contributed by atoms with Crippen molar-refractivity contribution >= 4 is 0 Å². The zero-order valence-corrected chi connectivity index (χ0v) is 8.42. The summed E-state index contributed by atoms with van der Waals surface area (Å²) in [6, 6.07) is 9.49. The Morgan fingerprint density at radius 1 is 1.13 bits per heavy atom. The second kappa shape index (κ2) is 5.79. The molecule has 2 N–H and O–H groups in total. The highest BCUT2D eigenvalue weighted by atomic mass is 17.2. The van der Waals surface area contributed by atoms with E-state index < -0.39 is 5.79 Å². The lowest BCUT2D eigenvalue weighted by Crippen LogP contribution is -2.35. The highest BCUT2D eigenvalue weighted by molar-refractivity contribution is 5.13. The van der Waals surface area contributed by atoms with Crippen molar-refractivity contribution in [2.45, 2.75) is 19.3 Å². The van der Waals surface area contributed by atoms with E-state index in [1.54, 1.807) is 0 Å². The number of ether oxygens (including phenoxy) is 1. The predicted molar refractivity (Wildman–Crippen MR) is 51.9 cm³/mol. The summed E-state index contributed by atoms with van der Waals surface area (Å²) < 4.78 is 5.20. The van der Waals surface area contributed by atoms with Gasteiger partial charge in [-0.25, -0.2) is 10.5 Å². The van der Waals surface area contributed by atoms with Crippen molar-refractivity contribution in [1.29, 1.82) is 0 Å². The van der Waals surface area contributed by atoms with E-state index >= 15 is 0 Å². The van der Waals surface area contributed by atoms with Crippen LogP contribution in [0, 0.1) is 0 Å². The minimum absolute atomic E-state index is 0.0884. The molecule has 0 fully saturated rings. The van der Waals surface area contributed by atoms with Crippen molar-refractivity contribution in [3.63, 3.8) is 0 Å². The Kier molecular flexibility index (Phi) is 4.67. The van der Waals surface area contributed by atoms with Gasteiger partial charge in [0.2, 0.25) is 0 Å². The van der Waals surface area contributed by atoms with Crippen LogP contribution in [0.2, 0.25) is 0 Å². The molecule has 0 aliphatic carbocycles. The molecule has 0 radical (unpaired) electrons. The SMILES string of the molecule is CC(COCc1ccccc1)(OO)OO. The number of benzene rings is 1. The third kappa shape index (κ3) is 3.94. The Labute approximate surface area is 87.7 Å². The second-order valence-corrected chi connectivity index (χ2v) is 3.29. The second-order valence-electron chi connectivity index (χ2n) is 3.29. The average Bonchev–Trinajstić information content (AvgIpc) is 2.30. The van der Waals surface area contributed by atoms with Crippen LogP contribution < -0.4 is 0 Å². The summed E-state index contributed by atoms with van der Waals surface area (Å²) in [5.74, 6) is -1.55. The van der Waals surface area contributed by atoms with Crippen LogP contribution in [0.1, 0.15) is 12.5 Å². The highest BCUT2D eigenvalue weighted by Crippen LogP contribution is 2.11. The van der Waals surface area contributed by atoms with E-state index in [2.05, 4.69) is 9.78 Å². The van der Waals surface area contributed by atoms with E-state index in [1.165, 1.54) is 6.92 Å². The molecule has 5 nitrogen and oxygen atoms in total. The van der Waals surface area contributed by atoms with Crippen LogP contribution in [-0.2, 0) is 21.1 Å². The molecule has 0 heterocycles. The van der Waals surface area contributed by atoms with Crippen molar-refractivity contribution < 1.29 is 25.0 Å². The van der Waals surface area contributed by atoms with Crippen LogP contribution >= 0.6 is 0 Å². The monoisotopic (exact) mass is 214 g/mol. The van der Waals surface area contributed by atoms with Gasteiger partial charge in [0.25, 0.3) is 5.79 Å². The maximum Gasteiger partial charge on any atom is 0.253 e. The van der Waals surface area contributed by atoms with Gasteiger partial charge in [0.1, 0.15) is 6.61 Å². The largest absolute Gasteiger partial charge is 0.371 e. The van der Waals surface area contributed by atoms with Crippen molar-refractivity contribution in [2.24, 2.45) is 0 Å². The lowest BCUT2D eigenvalue weighted by molar-refractivity contribution is -0.487. The Morgan fingerprint density at radius 2 is 1.73 bits per heavy atom. The van der Waals surface area contributed by atoms with Crippen molar-refractivity contribution in [3.05, 3.63) is 35.9 Å². The molecule has 0 saturated carbocycles. The molecule has 1 rings (SSSR count). The Hall–Kier alpha value is -0.980. The molecule has 0 aromatic heterocycles. The van der Waals surface area contributed by atoms with E-state index in [4.69, 9.17) is 15.3 Å². The minimum atomic E-state index is -1.55. The maximum atomic E-state index is 8.42. The van der Waals surface area contributed by atoms with Crippen molar-refractivity contribution in [1.82, 2.24) is 0 Å². The zero-order chi connectivity index (χ0) is 11.1. The van der Waals surface area contributed by atoms with E-state index in [1.807, 2.05) is 30.3 Å². The number of hydrogen-bond acceptors (Lipinski definition) is 5. The van der Waals surface area contributed by atoms with Gasteiger partial charge in [0.05, 0.1) is 6.61 Å². The number of hydrogen-bond donors (Lipinski definition) is 2. The van der Waals surface area contributed by atoms with Gasteiger partial charge in [0, 0.05) is 0 Å². The summed E-state index contributed by atoms with van der Waals surface area (Å²) in [6.07, 6.45) is 0. The first-order chi connectivity index (χ1) is 7.20. The van der Waals surface area contributed by atoms with Crippen LogP contribution in [0.5, 0.6) is 0 Å². The molecule has 5 heteroatoms. The van der Waals surface area contributed by atoms with Gasteiger partial charge in [-0.1, -0.05) is 30.3 Å². The summed E-state index contributed by atoms with van der Waals surface area (Å²) >= 11 is 0. The molecule has 84 valence electrons. The quantitative estimate of drug-likeness (QED) is 0.430. The molecule has 0 aliphatic heterocycles. The van der Waals surface area contributed by atoms with Gasteiger partial charge in [-0.2, -0.15) is 9.78 Å². The van der Waals surface area contributed by atoms with Crippen LogP contribution in [0.25, 0.3) is 0 Å². The molecule has 0 atom stereocenters. The van der Waals surface area contributed by atoms with Gasteiger partial charge in [-0.3, -0.25) is 0 Å². The predicted octanol–water partition coefficient (Wildman–Crippen LogP) is 1.90. The van der Waals surface area contributed by atoms with Crippen LogP contribution in [0.3, 0.4) is 0 Å². The summed E-state index contributed by atoms with van der Waals surface area (Å²) in [6.45, 7) is 1.61. The first-order valence-corrected chi connectivity index (χ1v) is 4.47. The first kappa shape index (κ1) is 12.1. The van der Waals surface area contributed by atoms with Gasteiger partial charge in [-0.15, -0.1) is 0 Å². The summed E-state index contributed by atoms with van der Waals surface area (Å²) in [4.78, 5) is 7.86. The van der Waals surface area contributed by atoms with E-state index in [0.29, 0.717) is 6.61 Å². The van der Waals surface area contributed by atoms with Crippen molar-refractivity contribution in [3.8, 4) is 0 Å². The zero-order valence-electron chi connectivity index (χ0n) is 8.42. The summed E-state index contributed by atoms with van der Waals surface area (Å²) in [5.41, 5.74) is 0.982. The fraction of sp³-hybridized carbons (Fsp3) is 0.400. The molecule has 1 aromatic rings. The molecular formula is C10H14O5. The Morgan fingerprint density at radius 3 is 2.27 bits per heavy atom. The fourth-order valence-corrected chi connectivity index (χ4v) is 0.998. The lowest BCUT2D eigenvalue weighted by Gasteiger charge is -2.21. The van der Waals surface area contributed by atoms with Gasteiger partial charge in [0.15, 0.2) is 0 Å². The van der Waals surface area contributed by atoms with Crippen LogP contribution in [0.15, 0.2) is 30.3 Å². The Balaban J connectivity index is 2.33. The minimum Gasteiger partial charge on any atom is -0.371 e. The third-order valence-electron chi connectivity index (χ3n) is 1.86. The van der Waals surface area contributed by atoms with Gasteiger partial charge < -0.3 is 4.74 Å². The fourth-order valence-electron chi connectivity index (χ4n) is 0.998. The van der Waals surface area contributed by atoms with Crippen LogP contribution in [0.4, 0.5) is 0 Å². The van der Waals surface area contributed by atoms with Crippen molar-refractivity contribution in [2.75, 3.05) is 6.61 Å². The maximum absolute atomic E-state index is 8.42. The molecular weight excluding hydrogens is 200 g/mol. The molecule has 1 aromatic carbocycles. The third-order valence-corrected chi connectivity index (χ3v) is 1.86.